The summed E-state index contributed by atoms with van der Waals surface area (Å²) in [6.45, 7) is 7.85. The second kappa shape index (κ2) is 13.3. The van der Waals surface area contributed by atoms with E-state index in [1.807, 2.05) is 39.8 Å². The first-order chi connectivity index (χ1) is 19.6. The fourth-order valence-electron chi connectivity index (χ4n) is 3.75. The Balaban J connectivity index is 0.000000233. The monoisotopic (exact) mass is 569 g/mol. The molecule has 6 nitrogen and oxygen atoms in total. The lowest BCUT2D eigenvalue weighted by molar-refractivity contribution is -0.126. The third kappa shape index (κ3) is 7.00. The average molecular weight is 570 g/mol. The number of anilines is 2. The number of ether oxygens (including phenoxy) is 1. The molecular formula is C31H31F4N3O3. The van der Waals surface area contributed by atoms with Gasteiger partial charge in [-0.25, -0.2) is 13.2 Å². The molecule has 2 N–H and O–H groups in total. The molecule has 1 fully saturated rings. The maximum absolute atomic E-state index is 14.1. The first-order valence-corrected chi connectivity index (χ1v) is 13.0. The van der Waals surface area contributed by atoms with Gasteiger partial charge in [0.1, 0.15) is 23.3 Å². The summed E-state index contributed by atoms with van der Waals surface area (Å²) in [4.78, 5) is 26.5. The highest BCUT2D eigenvalue weighted by Crippen LogP contribution is 2.44. The molecule has 10 heteroatoms. The van der Waals surface area contributed by atoms with Gasteiger partial charge in [0.15, 0.2) is 11.6 Å². The number of carbonyl (C=O) groups is 2. The van der Waals surface area contributed by atoms with E-state index in [1.54, 1.807) is 0 Å². The van der Waals surface area contributed by atoms with Gasteiger partial charge in [-0.1, -0.05) is 13.8 Å². The van der Waals surface area contributed by atoms with E-state index in [1.165, 1.54) is 43.6 Å². The Bertz CT molecular complexity index is 1560. The van der Waals surface area contributed by atoms with E-state index >= 15 is 0 Å². The second-order valence-electron chi connectivity index (χ2n) is 9.21. The van der Waals surface area contributed by atoms with Crippen LogP contribution in [0.2, 0.25) is 0 Å². The molecule has 0 radical (unpaired) electrons. The van der Waals surface area contributed by atoms with E-state index in [-0.39, 0.29) is 23.2 Å². The fraction of sp³-hybridized carbons (Fsp3) is 0.258. The van der Waals surface area contributed by atoms with E-state index in [2.05, 4.69) is 15.6 Å². The molecule has 41 heavy (non-hydrogen) atoms. The number of carbonyl (C=O) groups excluding carboxylic acids is 2. The van der Waals surface area contributed by atoms with Gasteiger partial charge in [0.25, 0.3) is 0 Å². The molecular weight excluding hydrogens is 538 g/mol. The summed E-state index contributed by atoms with van der Waals surface area (Å²) < 4.78 is 60.1. The molecule has 1 saturated carbocycles. The van der Waals surface area contributed by atoms with Crippen LogP contribution in [-0.2, 0) is 9.59 Å². The maximum atomic E-state index is 14.1. The Morgan fingerprint density at radius 1 is 0.951 bits per heavy atom. The van der Waals surface area contributed by atoms with Gasteiger partial charge in [-0.05, 0) is 80.3 Å². The molecule has 1 heterocycles. The summed E-state index contributed by atoms with van der Waals surface area (Å²) in [6, 6.07) is 11.5. The molecule has 3 aromatic carbocycles. The predicted octanol–water partition coefficient (Wildman–Crippen LogP) is 7.87. The van der Waals surface area contributed by atoms with Crippen LogP contribution < -0.4 is 15.4 Å². The van der Waals surface area contributed by atoms with Gasteiger partial charge in [0.05, 0.1) is 11.2 Å². The van der Waals surface area contributed by atoms with Crippen LogP contribution in [0.5, 0.6) is 11.5 Å². The minimum Gasteiger partial charge on any atom is -0.450 e. The van der Waals surface area contributed by atoms with Crippen molar-refractivity contribution in [3.05, 3.63) is 89.1 Å². The number of hydrogen-bond donors (Lipinski definition) is 2. The predicted molar refractivity (Wildman–Crippen MR) is 151 cm³/mol. The smallest absolute Gasteiger partial charge is 0.237 e. The quantitative estimate of drug-likeness (QED) is 0.107. The molecule has 216 valence electrons. The number of nitrogens with one attached hydrogen (secondary N) is 2. The molecule has 0 aliphatic heterocycles. The Labute approximate surface area is 235 Å². The summed E-state index contributed by atoms with van der Waals surface area (Å²) >= 11 is 0. The molecule has 5 rings (SSSR count). The van der Waals surface area contributed by atoms with Crippen LogP contribution in [0.3, 0.4) is 0 Å². The van der Waals surface area contributed by atoms with Crippen LogP contribution in [0.4, 0.5) is 28.9 Å². The zero-order chi connectivity index (χ0) is 30.3. The number of aryl methyl sites for hydroxylation is 2. The molecule has 1 aliphatic carbocycles. The summed E-state index contributed by atoms with van der Waals surface area (Å²) in [5.74, 6) is -4.80. The summed E-state index contributed by atoms with van der Waals surface area (Å²) in [5.41, 5.74) is 2.06. The minimum absolute atomic E-state index is 0.206. The van der Waals surface area contributed by atoms with Gasteiger partial charge in [-0.15, -0.1) is 0 Å². The van der Waals surface area contributed by atoms with Crippen LogP contribution in [-0.4, -0.2) is 24.2 Å². The van der Waals surface area contributed by atoms with Crippen molar-refractivity contribution in [1.82, 2.24) is 4.98 Å². The van der Waals surface area contributed by atoms with E-state index in [4.69, 9.17) is 4.74 Å². The van der Waals surface area contributed by atoms with Crippen LogP contribution in [0.1, 0.15) is 37.8 Å². The number of benzene rings is 3. The average Bonchev–Trinajstić information content (AvgIpc) is 3.78. The summed E-state index contributed by atoms with van der Waals surface area (Å²) in [5, 5.41) is 5.57. The van der Waals surface area contributed by atoms with Crippen molar-refractivity contribution >= 4 is 34.5 Å². The van der Waals surface area contributed by atoms with Gasteiger partial charge < -0.3 is 20.2 Å². The SMILES string of the molecule is CC.CNc1cc(F)c(Oc2ccnc3cc(C)c(C)cc23)c(F)c1F.O=CC1(C(=O)Nc2ccc(F)cc2)CC1. The fourth-order valence-corrected chi connectivity index (χ4v) is 3.75. The number of aldehydes is 1. The van der Waals surface area contributed by atoms with Gasteiger partial charge in [-0.3, -0.25) is 9.78 Å². The van der Waals surface area contributed by atoms with Gasteiger partial charge in [0.2, 0.25) is 17.5 Å². The number of aromatic nitrogens is 1. The summed E-state index contributed by atoms with van der Waals surface area (Å²) in [6.07, 6.45) is 3.36. The highest BCUT2D eigenvalue weighted by molar-refractivity contribution is 6.07. The number of hydrogen-bond acceptors (Lipinski definition) is 5. The topological polar surface area (TPSA) is 80.3 Å². The number of nitrogens with zero attached hydrogens (tertiary/aromatic N) is 1. The van der Waals surface area contributed by atoms with Gasteiger partial charge in [0, 0.05) is 30.4 Å². The van der Waals surface area contributed by atoms with Crippen molar-refractivity contribution in [2.45, 2.75) is 40.5 Å². The van der Waals surface area contributed by atoms with Crippen LogP contribution in [0.25, 0.3) is 10.9 Å². The van der Waals surface area contributed by atoms with E-state index in [0.29, 0.717) is 35.7 Å². The highest BCUT2D eigenvalue weighted by Gasteiger charge is 2.50. The minimum atomic E-state index is -1.38. The molecule has 1 aromatic heterocycles. The molecule has 0 saturated heterocycles. The Morgan fingerprint density at radius 2 is 1.59 bits per heavy atom. The van der Waals surface area contributed by atoms with Gasteiger partial charge in [-0.2, -0.15) is 4.39 Å². The van der Waals surface area contributed by atoms with Crippen molar-refractivity contribution in [3.63, 3.8) is 0 Å². The normalized spacial score (nSPS) is 12.7. The Hall–Kier alpha value is -4.47. The molecule has 0 unspecified atom stereocenters. The Kier molecular flexibility index (Phi) is 10.0. The van der Waals surface area contributed by atoms with Crippen molar-refractivity contribution < 1.29 is 31.9 Å². The number of amides is 1. The lowest BCUT2D eigenvalue weighted by Crippen LogP contribution is -2.25. The molecule has 0 bridgehead atoms. The maximum Gasteiger partial charge on any atom is 0.237 e. The van der Waals surface area contributed by atoms with Crippen molar-refractivity contribution in [2.24, 2.45) is 5.41 Å². The molecule has 0 spiro atoms. The zero-order valence-corrected chi connectivity index (χ0v) is 23.4. The lowest BCUT2D eigenvalue weighted by atomic mass is 10.1. The largest absolute Gasteiger partial charge is 0.450 e. The highest BCUT2D eigenvalue weighted by atomic mass is 19.2. The van der Waals surface area contributed by atoms with Crippen molar-refractivity contribution in [2.75, 3.05) is 17.7 Å². The van der Waals surface area contributed by atoms with Crippen LogP contribution in [0.15, 0.2) is 54.7 Å². The first-order valence-electron chi connectivity index (χ1n) is 13.0. The molecule has 0 atom stereocenters. The van der Waals surface area contributed by atoms with Crippen molar-refractivity contribution in [3.8, 4) is 11.5 Å². The summed E-state index contributed by atoms with van der Waals surface area (Å²) in [7, 11) is 1.37. The van der Waals surface area contributed by atoms with E-state index in [9.17, 15) is 27.2 Å². The molecule has 1 amide bonds. The number of pyridine rings is 1. The van der Waals surface area contributed by atoms with Gasteiger partial charge >= 0.3 is 0 Å². The van der Waals surface area contributed by atoms with Crippen LogP contribution in [0, 0.1) is 42.5 Å². The van der Waals surface area contributed by atoms with Crippen molar-refractivity contribution in [1.29, 1.82) is 0 Å². The molecule has 1 aliphatic rings. The number of halogens is 4. The zero-order valence-electron chi connectivity index (χ0n) is 23.4. The lowest BCUT2D eigenvalue weighted by Gasteiger charge is -2.13. The number of rotatable bonds is 6. The van der Waals surface area contributed by atoms with E-state index < -0.39 is 28.6 Å². The van der Waals surface area contributed by atoms with Crippen LogP contribution >= 0.6 is 0 Å². The Morgan fingerprint density at radius 3 is 2.17 bits per heavy atom. The van der Waals surface area contributed by atoms with E-state index in [0.717, 1.165) is 17.2 Å². The number of fused-ring (bicyclic) bond motifs is 1. The third-order valence-electron chi connectivity index (χ3n) is 6.48. The second-order valence-corrected chi connectivity index (χ2v) is 9.21. The third-order valence-corrected chi connectivity index (χ3v) is 6.48. The first kappa shape index (κ1) is 31.1. The molecule has 4 aromatic rings. The standard InChI is InChI=1S/C18H15F3N2O.C11H10FNO2.C2H6/c1-9-6-11-13(7-10(9)2)23-5-4-15(11)24-18-12(19)8-14(22-3)16(20)17(18)21;12-8-1-3-9(4-2-8)13-10(15)11(7-14)5-6-11;1-2/h4-8,22H,1-3H3;1-4,7H,5-6H2,(H,13,15);1-2H3.